The largest absolute Gasteiger partial charge is 0.480 e. The first-order valence-electron chi connectivity index (χ1n) is 24.4. The van der Waals surface area contributed by atoms with Gasteiger partial charge in [-0.15, -0.1) is 0 Å². The molecule has 1 saturated carbocycles. The number of likely N-dealkylation sites (N-methyl/N-ethyl adjacent to an activating group) is 2. The fraction of sp³-hybridized carbons (Fsp3) is 0.686. The van der Waals surface area contributed by atoms with Crippen molar-refractivity contribution in [1.82, 2.24) is 30.2 Å². The Hall–Kier alpha value is -5.16. The van der Waals surface area contributed by atoms with Crippen LogP contribution < -0.4 is 10.6 Å². The number of hydrogen-bond acceptors (Lipinski definition) is 10. The van der Waals surface area contributed by atoms with E-state index >= 15 is 0 Å². The summed E-state index contributed by atoms with van der Waals surface area (Å²) >= 11 is 0. The Morgan fingerprint density at radius 2 is 1.47 bits per heavy atom. The second-order valence-corrected chi connectivity index (χ2v) is 20.1. The standard InChI is InChI=1S/C51H78N6O11/c1-12-33(6)45(55(9)49(64)43(31(2)3)53-48(63)44(32(4)5)54(8)39(58)21-17-14-18-26-56-40(59)22-23-41(56)60)38(67-10)28-42(61)57-30-51(24-25-51)29-37(57)46(68-11)34(7)47(62)52-36(50(65)66)27-35-19-15-13-16-20-35/h13,15-16,19-20,22-23,31-34,36-38,43-46H,12,14,17-18,21,24-30H2,1-11H3,(H,52,62)(H,53,63)(H,65,66)/t33?,34?,36?,37-,38?,43?,44?,45?,46?/m0/s1. The Kier molecular flexibility index (Phi) is 20.3. The zero-order valence-electron chi connectivity index (χ0n) is 42.2. The first kappa shape index (κ1) is 55.4. The number of carboxylic acid groups (broad SMARTS) is 1. The maximum atomic E-state index is 14.7. The van der Waals surface area contributed by atoms with Crippen molar-refractivity contribution in [1.29, 1.82) is 0 Å². The molecule has 378 valence electrons. The Balaban J connectivity index is 1.45. The van der Waals surface area contributed by atoms with Gasteiger partial charge in [-0.05, 0) is 60.8 Å². The van der Waals surface area contributed by atoms with Crippen molar-refractivity contribution in [3.63, 3.8) is 0 Å². The van der Waals surface area contributed by atoms with Crippen LogP contribution in [-0.4, -0.2) is 156 Å². The van der Waals surface area contributed by atoms with Crippen LogP contribution in [0.4, 0.5) is 0 Å². The number of aliphatic carboxylic acids is 1. The molecule has 4 rings (SSSR count). The van der Waals surface area contributed by atoms with E-state index in [4.69, 9.17) is 9.47 Å². The highest BCUT2D eigenvalue weighted by Gasteiger charge is 2.56. The lowest BCUT2D eigenvalue weighted by molar-refractivity contribution is -0.149. The van der Waals surface area contributed by atoms with Crippen LogP contribution in [0.15, 0.2) is 42.5 Å². The molecule has 8 unspecified atom stereocenters. The van der Waals surface area contributed by atoms with E-state index in [2.05, 4.69) is 10.6 Å². The predicted octanol–water partition coefficient (Wildman–Crippen LogP) is 4.22. The number of ether oxygens (including phenoxy) is 2. The summed E-state index contributed by atoms with van der Waals surface area (Å²) < 4.78 is 12.1. The molecule has 2 aliphatic heterocycles. The van der Waals surface area contributed by atoms with Gasteiger partial charge in [-0.25, -0.2) is 4.79 Å². The SMILES string of the molecule is CCC(C)C(C(CC(=O)N1CC2(CC2)C[C@H]1C(OC)C(C)C(=O)NC(Cc1ccccc1)C(=O)O)OC)N(C)C(=O)C(NC(=O)C(C(C)C)N(C)C(=O)CCCCCN1C(=O)C=CC1=O)C(C)C. The molecular weight excluding hydrogens is 873 g/mol. The van der Waals surface area contributed by atoms with Gasteiger partial charge < -0.3 is 39.9 Å². The minimum absolute atomic E-state index is 0.0718. The van der Waals surface area contributed by atoms with Gasteiger partial charge in [-0.2, -0.15) is 0 Å². The number of carbonyl (C=O) groups excluding carboxylic acids is 7. The van der Waals surface area contributed by atoms with Gasteiger partial charge in [0.2, 0.25) is 29.5 Å². The van der Waals surface area contributed by atoms with E-state index in [1.54, 1.807) is 43.0 Å². The molecule has 3 aliphatic rings. The summed E-state index contributed by atoms with van der Waals surface area (Å²) in [5, 5.41) is 15.7. The first-order valence-corrected chi connectivity index (χ1v) is 24.4. The number of hydrogen-bond donors (Lipinski definition) is 3. The lowest BCUT2D eigenvalue weighted by Gasteiger charge is -2.41. The number of nitrogens with zero attached hydrogens (tertiary/aromatic N) is 4. The summed E-state index contributed by atoms with van der Waals surface area (Å²) in [4.78, 5) is 113. The van der Waals surface area contributed by atoms with Crippen LogP contribution in [0.5, 0.6) is 0 Å². The Morgan fingerprint density at radius 1 is 0.838 bits per heavy atom. The molecule has 17 heteroatoms. The monoisotopic (exact) mass is 951 g/mol. The maximum Gasteiger partial charge on any atom is 0.326 e. The van der Waals surface area contributed by atoms with Gasteiger partial charge in [0.05, 0.1) is 36.6 Å². The van der Waals surface area contributed by atoms with Gasteiger partial charge >= 0.3 is 5.97 Å². The first-order chi connectivity index (χ1) is 32.1. The number of methoxy groups -OCH3 is 2. The second kappa shape index (κ2) is 24.9. The number of amides is 7. The van der Waals surface area contributed by atoms with E-state index in [-0.39, 0.29) is 78.5 Å². The number of carboxylic acids is 1. The lowest BCUT2D eigenvalue weighted by Crippen LogP contribution is -2.60. The minimum Gasteiger partial charge on any atom is -0.480 e. The highest BCUT2D eigenvalue weighted by molar-refractivity contribution is 6.12. The van der Waals surface area contributed by atoms with Crippen LogP contribution in [0, 0.1) is 29.1 Å². The number of unbranched alkanes of at least 4 members (excludes halogenated alkanes) is 2. The van der Waals surface area contributed by atoms with Gasteiger partial charge in [0.15, 0.2) is 0 Å². The highest BCUT2D eigenvalue weighted by atomic mass is 16.5. The van der Waals surface area contributed by atoms with Crippen molar-refractivity contribution in [2.24, 2.45) is 29.1 Å². The van der Waals surface area contributed by atoms with Crippen molar-refractivity contribution < 1.29 is 52.9 Å². The molecule has 0 bridgehead atoms. The van der Waals surface area contributed by atoms with Gasteiger partial charge in [-0.3, -0.25) is 38.5 Å². The molecule has 17 nitrogen and oxygen atoms in total. The minimum atomic E-state index is -1.16. The third kappa shape index (κ3) is 14.0. The van der Waals surface area contributed by atoms with Crippen molar-refractivity contribution in [2.45, 2.75) is 155 Å². The molecule has 1 spiro atoms. The summed E-state index contributed by atoms with van der Waals surface area (Å²) in [6.45, 7) is 13.8. The van der Waals surface area contributed by atoms with Crippen LogP contribution in [-0.2, 0) is 54.3 Å². The summed E-state index contributed by atoms with van der Waals surface area (Å²) in [5.41, 5.74) is 0.672. The normalized spacial score (nSPS) is 19.9. The van der Waals surface area contributed by atoms with Crippen LogP contribution in [0.25, 0.3) is 0 Å². The number of nitrogens with one attached hydrogen (secondary N) is 2. The summed E-state index contributed by atoms with van der Waals surface area (Å²) in [5.74, 6) is -5.18. The van der Waals surface area contributed by atoms with Crippen molar-refractivity contribution in [3.8, 4) is 0 Å². The summed E-state index contributed by atoms with van der Waals surface area (Å²) in [6.07, 6.45) is 6.00. The van der Waals surface area contributed by atoms with Crippen LogP contribution in [0.2, 0.25) is 0 Å². The molecule has 9 atom stereocenters. The third-order valence-corrected chi connectivity index (χ3v) is 14.5. The predicted molar refractivity (Wildman–Crippen MR) is 255 cm³/mol. The molecule has 1 aromatic carbocycles. The van der Waals surface area contributed by atoms with E-state index in [1.165, 1.54) is 36.2 Å². The average Bonchev–Trinajstić information content (AvgIpc) is 3.85. The quantitative estimate of drug-likeness (QED) is 0.0840. The lowest BCUT2D eigenvalue weighted by atomic mass is 9.89. The fourth-order valence-electron chi connectivity index (χ4n) is 10.0. The van der Waals surface area contributed by atoms with Crippen molar-refractivity contribution >= 4 is 47.3 Å². The van der Waals surface area contributed by atoms with Gasteiger partial charge in [0.25, 0.3) is 11.8 Å². The fourth-order valence-corrected chi connectivity index (χ4v) is 10.0. The van der Waals surface area contributed by atoms with Crippen LogP contribution >= 0.6 is 0 Å². The molecule has 0 radical (unpaired) electrons. The number of imide groups is 1. The van der Waals surface area contributed by atoms with E-state index in [9.17, 15) is 43.5 Å². The average molecular weight is 951 g/mol. The van der Waals surface area contributed by atoms with Gasteiger partial charge in [0, 0.05) is 66.4 Å². The number of carbonyl (C=O) groups is 8. The van der Waals surface area contributed by atoms with Gasteiger partial charge in [0.1, 0.15) is 18.1 Å². The molecular formula is C51H78N6O11. The van der Waals surface area contributed by atoms with Gasteiger partial charge in [-0.1, -0.05) is 91.6 Å². The number of benzene rings is 1. The molecule has 0 aromatic heterocycles. The molecule has 1 saturated heterocycles. The van der Waals surface area contributed by atoms with E-state index in [1.807, 2.05) is 59.7 Å². The number of rotatable bonds is 27. The molecule has 1 aromatic rings. The van der Waals surface area contributed by atoms with E-state index in [0.717, 1.165) is 18.4 Å². The smallest absolute Gasteiger partial charge is 0.326 e. The summed E-state index contributed by atoms with van der Waals surface area (Å²) in [7, 11) is 6.27. The Bertz CT molecular complexity index is 1950. The van der Waals surface area contributed by atoms with E-state index in [0.29, 0.717) is 38.6 Å². The molecule has 1 aliphatic carbocycles. The van der Waals surface area contributed by atoms with E-state index < -0.39 is 66.1 Å². The molecule has 68 heavy (non-hydrogen) atoms. The molecule has 3 N–H and O–H groups in total. The zero-order chi connectivity index (χ0) is 50.6. The molecule has 2 heterocycles. The maximum absolute atomic E-state index is 14.7. The Morgan fingerprint density at radius 3 is 2.00 bits per heavy atom. The summed E-state index contributed by atoms with van der Waals surface area (Å²) in [6, 6.07) is 5.01. The highest BCUT2D eigenvalue weighted by Crippen LogP contribution is 2.56. The zero-order valence-corrected chi connectivity index (χ0v) is 42.2. The third-order valence-electron chi connectivity index (χ3n) is 14.5. The molecule has 2 fully saturated rings. The topological polar surface area (TPSA) is 212 Å². The van der Waals surface area contributed by atoms with Crippen molar-refractivity contribution in [2.75, 3.05) is 41.4 Å². The van der Waals surface area contributed by atoms with Crippen molar-refractivity contribution in [3.05, 3.63) is 48.0 Å². The molecule has 7 amide bonds. The number of likely N-dealkylation sites (tertiary alicyclic amines) is 1. The van der Waals surface area contributed by atoms with Crippen LogP contribution in [0.1, 0.15) is 112 Å². The Labute approximate surface area is 403 Å². The van der Waals surface area contributed by atoms with Crippen LogP contribution in [0.3, 0.4) is 0 Å². The second-order valence-electron chi connectivity index (χ2n) is 20.1.